The van der Waals surface area contributed by atoms with E-state index in [0.717, 1.165) is 34.1 Å². The van der Waals surface area contributed by atoms with Gasteiger partial charge < -0.3 is 14.2 Å². The van der Waals surface area contributed by atoms with E-state index < -0.39 is 17.7 Å². The van der Waals surface area contributed by atoms with E-state index in [1.54, 1.807) is 19.2 Å². The normalized spacial score (nSPS) is 20.0. The van der Waals surface area contributed by atoms with Gasteiger partial charge in [-0.1, -0.05) is 12.5 Å². The molecule has 5 nitrogen and oxygen atoms in total. The maximum atomic E-state index is 12.3. The Morgan fingerprint density at radius 1 is 1.13 bits per heavy atom. The molecule has 1 aliphatic heterocycles. The average Bonchev–Trinajstić information content (AvgIpc) is 2.52. The van der Waals surface area contributed by atoms with Gasteiger partial charge in [0.2, 0.25) is 0 Å². The molecule has 0 aromatic heterocycles. The Kier molecular flexibility index (Phi) is 4.61. The van der Waals surface area contributed by atoms with Crippen molar-refractivity contribution in [2.45, 2.75) is 37.9 Å². The number of methoxy groups -OCH3 is 1. The summed E-state index contributed by atoms with van der Waals surface area (Å²) in [6.07, 6.45) is 5.54. The lowest BCUT2D eigenvalue weighted by molar-refractivity contribution is -0.244. The van der Waals surface area contributed by atoms with Crippen molar-refractivity contribution < 1.29 is 23.8 Å². The van der Waals surface area contributed by atoms with E-state index in [-0.39, 0.29) is 5.57 Å². The fourth-order valence-corrected chi connectivity index (χ4v) is 3.66. The molecule has 23 heavy (non-hydrogen) atoms. The number of rotatable bonds is 2. The van der Waals surface area contributed by atoms with Crippen LogP contribution in [0.15, 0.2) is 23.8 Å². The quantitative estimate of drug-likeness (QED) is 0.313. The summed E-state index contributed by atoms with van der Waals surface area (Å²) in [5.41, 5.74) is 0.654. The maximum absolute atomic E-state index is 12.3. The molecule has 0 bridgehead atoms. The lowest BCUT2D eigenvalue weighted by atomic mass is 9.93. The van der Waals surface area contributed by atoms with Crippen molar-refractivity contribution in [1.82, 2.24) is 0 Å². The smallest absolute Gasteiger partial charge is 0.348 e. The predicted octanol–water partition coefficient (Wildman–Crippen LogP) is 3.44. The average molecular weight is 428 g/mol. The molecular formula is C17H17IO5. The van der Waals surface area contributed by atoms with Crippen LogP contribution in [0.3, 0.4) is 0 Å². The molecule has 2 fully saturated rings. The van der Waals surface area contributed by atoms with Gasteiger partial charge >= 0.3 is 11.9 Å². The van der Waals surface area contributed by atoms with Crippen LogP contribution in [0.4, 0.5) is 0 Å². The number of hydrogen-bond donors (Lipinski definition) is 0. The number of carbonyl (C=O) groups is 2. The summed E-state index contributed by atoms with van der Waals surface area (Å²) >= 11 is 2.13. The summed E-state index contributed by atoms with van der Waals surface area (Å²) in [5, 5.41) is 0. The topological polar surface area (TPSA) is 61.8 Å². The van der Waals surface area contributed by atoms with E-state index in [2.05, 4.69) is 22.6 Å². The van der Waals surface area contributed by atoms with Crippen LogP contribution in [-0.4, -0.2) is 24.8 Å². The molecule has 0 atom stereocenters. The Balaban J connectivity index is 1.84. The molecule has 3 rings (SSSR count). The number of carbonyl (C=O) groups excluding carboxylic acids is 2. The second-order valence-corrected chi connectivity index (χ2v) is 6.86. The number of benzene rings is 1. The highest BCUT2D eigenvalue weighted by molar-refractivity contribution is 14.1. The summed E-state index contributed by atoms with van der Waals surface area (Å²) in [7, 11) is 1.59. The second kappa shape index (κ2) is 6.51. The molecule has 0 radical (unpaired) electrons. The van der Waals surface area contributed by atoms with Gasteiger partial charge in [0.05, 0.1) is 10.7 Å². The fourth-order valence-electron chi connectivity index (χ4n) is 2.90. The molecule has 1 spiro atoms. The van der Waals surface area contributed by atoms with E-state index in [4.69, 9.17) is 14.2 Å². The van der Waals surface area contributed by atoms with Crippen LogP contribution in [0, 0.1) is 3.57 Å². The third-order valence-electron chi connectivity index (χ3n) is 4.10. The first kappa shape index (κ1) is 16.3. The van der Waals surface area contributed by atoms with Crippen molar-refractivity contribution in [2.75, 3.05) is 7.11 Å². The van der Waals surface area contributed by atoms with Crippen LogP contribution < -0.4 is 4.74 Å². The molecule has 1 aromatic rings. The minimum atomic E-state index is -1.04. The van der Waals surface area contributed by atoms with Crippen LogP contribution in [0.1, 0.15) is 37.7 Å². The van der Waals surface area contributed by atoms with Gasteiger partial charge in [0.15, 0.2) is 0 Å². The molecular weight excluding hydrogens is 411 g/mol. The van der Waals surface area contributed by atoms with Gasteiger partial charge in [0, 0.05) is 12.8 Å². The van der Waals surface area contributed by atoms with Crippen LogP contribution in [0.25, 0.3) is 6.08 Å². The molecule has 1 saturated carbocycles. The summed E-state index contributed by atoms with van der Waals surface area (Å²) in [6, 6.07) is 5.40. The van der Waals surface area contributed by atoms with Crippen molar-refractivity contribution in [3.63, 3.8) is 0 Å². The Morgan fingerprint density at radius 2 is 1.78 bits per heavy atom. The maximum Gasteiger partial charge on any atom is 0.348 e. The third kappa shape index (κ3) is 3.36. The SMILES string of the molecule is COc1ccc(C=C2C(=O)OC3(CCCCC3)OC2=O)cc1I. The number of ether oxygens (including phenoxy) is 3. The van der Waals surface area contributed by atoms with Crippen LogP contribution >= 0.6 is 22.6 Å². The molecule has 1 aromatic carbocycles. The largest absolute Gasteiger partial charge is 0.496 e. The lowest BCUT2D eigenvalue weighted by Crippen LogP contribution is -2.47. The fraction of sp³-hybridized carbons (Fsp3) is 0.412. The molecule has 122 valence electrons. The number of halogens is 1. The van der Waals surface area contributed by atoms with Gasteiger partial charge in [-0.3, -0.25) is 0 Å². The molecule has 1 aliphatic carbocycles. The lowest BCUT2D eigenvalue weighted by Gasteiger charge is -2.38. The number of hydrogen-bond acceptors (Lipinski definition) is 5. The summed E-state index contributed by atoms with van der Waals surface area (Å²) < 4.78 is 17.0. The Hall–Kier alpha value is -1.57. The van der Waals surface area contributed by atoms with Crippen LogP contribution in [0.2, 0.25) is 0 Å². The summed E-state index contributed by atoms with van der Waals surface area (Å²) in [4.78, 5) is 24.5. The van der Waals surface area contributed by atoms with Crippen molar-refractivity contribution in [2.24, 2.45) is 0 Å². The van der Waals surface area contributed by atoms with Crippen LogP contribution in [-0.2, 0) is 19.1 Å². The highest BCUT2D eigenvalue weighted by atomic mass is 127. The van der Waals surface area contributed by atoms with E-state index in [0.29, 0.717) is 12.8 Å². The van der Waals surface area contributed by atoms with E-state index in [1.165, 1.54) is 6.08 Å². The highest BCUT2D eigenvalue weighted by Gasteiger charge is 2.46. The van der Waals surface area contributed by atoms with E-state index in [9.17, 15) is 9.59 Å². The first-order valence-electron chi connectivity index (χ1n) is 7.55. The Morgan fingerprint density at radius 3 is 2.35 bits per heavy atom. The van der Waals surface area contributed by atoms with Crippen molar-refractivity contribution in [3.05, 3.63) is 32.9 Å². The Bertz CT molecular complexity index is 652. The van der Waals surface area contributed by atoms with Crippen molar-refractivity contribution in [3.8, 4) is 5.75 Å². The minimum Gasteiger partial charge on any atom is -0.496 e. The zero-order valence-electron chi connectivity index (χ0n) is 12.8. The zero-order valence-corrected chi connectivity index (χ0v) is 14.9. The van der Waals surface area contributed by atoms with Gasteiger partial charge in [-0.05, 0) is 59.2 Å². The molecule has 1 saturated heterocycles. The van der Waals surface area contributed by atoms with Crippen LogP contribution in [0.5, 0.6) is 5.75 Å². The summed E-state index contributed by atoms with van der Waals surface area (Å²) in [5.74, 6) is -1.51. The first-order chi connectivity index (χ1) is 11.0. The van der Waals surface area contributed by atoms with Gasteiger partial charge in [-0.25, -0.2) is 9.59 Å². The molecule has 0 unspecified atom stereocenters. The molecule has 0 amide bonds. The standard InChI is InChI=1S/C17H17IO5/c1-21-14-6-5-11(10-13(14)18)9-12-15(19)22-17(23-16(12)20)7-3-2-4-8-17/h5-6,9-10H,2-4,7-8H2,1H3. The van der Waals surface area contributed by atoms with Gasteiger partial charge in [-0.2, -0.15) is 0 Å². The molecule has 1 heterocycles. The Labute approximate surface area is 148 Å². The molecule has 2 aliphatic rings. The van der Waals surface area contributed by atoms with Gasteiger partial charge in [0.1, 0.15) is 11.3 Å². The first-order valence-corrected chi connectivity index (χ1v) is 8.63. The van der Waals surface area contributed by atoms with E-state index in [1.807, 2.05) is 6.07 Å². The third-order valence-corrected chi connectivity index (χ3v) is 4.94. The van der Waals surface area contributed by atoms with Crippen molar-refractivity contribution in [1.29, 1.82) is 0 Å². The van der Waals surface area contributed by atoms with E-state index >= 15 is 0 Å². The summed E-state index contributed by atoms with van der Waals surface area (Å²) in [6.45, 7) is 0. The minimum absolute atomic E-state index is 0.0674. The zero-order chi connectivity index (χ0) is 16.4. The molecule has 0 N–H and O–H groups in total. The van der Waals surface area contributed by atoms with Crippen molar-refractivity contribution >= 4 is 40.6 Å². The molecule has 6 heteroatoms. The monoisotopic (exact) mass is 428 g/mol. The van der Waals surface area contributed by atoms with Gasteiger partial charge in [-0.15, -0.1) is 0 Å². The number of esters is 2. The highest BCUT2D eigenvalue weighted by Crippen LogP contribution is 2.37. The second-order valence-electron chi connectivity index (χ2n) is 5.70. The van der Waals surface area contributed by atoms with Gasteiger partial charge in [0.25, 0.3) is 5.79 Å². The predicted molar refractivity (Wildman–Crippen MR) is 91.7 cm³/mol.